The molecule has 4 heteroatoms. The molecule has 56 valence electrons. The van der Waals surface area contributed by atoms with Gasteiger partial charge >= 0.3 is 0 Å². The van der Waals surface area contributed by atoms with Crippen LogP contribution in [0, 0.1) is 5.41 Å². The van der Waals surface area contributed by atoms with E-state index in [4.69, 9.17) is 16.9 Å². The summed E-state index contributed by atoms with van der Waals surface area (Å²) < 4.78 is 0. The minimum absolute atomic E-state index is 0.0192. The molecular weight excluding hydrogens is 128 g/mol. The Bertz CT molecular complexity index is 169. The minimum Gasteiger partial charge on any atom is -0.384 e. The topological polar surface area (TPSA) is 88.2 Å². The fourth-order valence-corrected chi connectivity index (χ4v) is 0.410. The lowest BCUT2D eigenvalue weighted by Crippen LogP contribution is -2.11. The van der Waals surface area contributed by atoms with Gasteiger partial charge in [-0.05, 0) is 19.1 Å². The molecular formula is C6H12N4. The fourth-order valence-electron chi connectivity index (χ4n) is 0.410. The van der Waals surface area contributed by atoms with Crippen LogP contribution in [0.1, 0.15) is 6.92 Å². The molecule has 0 aromatic carbocycles. The van der Waals surface area contributed by atoms with Crippen molar-refractivity contribution < 1.29 is 0 Å². The summed E-state index contributed by atoms with van der Waals surface area (Å²) in [7, 11) is 0. The van der Waals surface area contributed by atoms with E-state index in [9.17, 15) is 0 Å². The van der Waals surface area contributed by atoms with Crippen LogP contribution in [0.2, 0.25) is 0 Å². The largest absolute Gasteiger partial charge is 0.384 e. The first-order chi connectivity index (χ1) is 4.66. The molecule has 4 nitrogen and oxygen atoms in total. The number of nitrogens with zero attached hydrogens (tertiary/aromatic N) is 1. The standard InChI is InChI=1S/C6H12N4/c1-2-10-6(9)4-3-5(7)8/h3-4H,2H2,1H3,(H3,7,8)(H2,9,10)/b4-3-. The van der Waals surface area contributed by atoms with Gasteiger partial charge in [-0.3, -0.25) is 10.4 Å². The summed E-state index contributed by atoms with van der Waals surface area (Å²) in [5.74, 6) is 0.381. The second-order valence-corrected chi connectivity index (χ2v) is 1.69. The van der Waals surface area contributed by atoms with Gasteiger partial charge in [0.05, 0.1) is 0 Å². The smallest absolute Gasteiger partial charge is 0.118 e. The van der Waals surface area contributed by atoms with E-state index in [1.54, 1.807) is 0 Å². The highest BCUT2D eigenvalue weighted by atomic mass is 14.8. The van der Waals surface area contributed by atoms with E-state index in [0.29, 0.717) is 12.4 Å². The lowest BCUT2D eigenvalue weighted by molar-refractivity contribution is 1.12. The molecule has 0 unspecified atom stereocenters. The van der Waals surface area contributed by atoms with E-state index in [2.05, 4.69) is 4.99 Å². The minimum atomic E-state index is -0.0192. The van der Waals surface area contributed by atoms with Crippen LogP contribution in [-0.4, -0.2) is 18.2 Å². The molecule has 0 bridgehead atoms. The van der Waals surface area contributed by atoms with Gasteiger partial charge in [0.2, 0.25) is 0 Å². The van der Waals surface area contributed by atoms with Gasteiger partial charge in [0, 0.05) is 6.54 Å². The van der Waals surface area contributed by atoms with Crippen molar-refractivity contribution in [2.24, 2.45) is 16.5 Å². The van der Waals surface area contributed by atoms with Gasteiger partial charge in [-0.15, -0.1) is 0 Å². The maximum Gasteiger partial charge on any atom is 0.118 e. The van der Waals surface area contributed by atoms with Gasteiger partial charge in [0.15, 0.2) is 0 Å². The summed E-state index contributed by atoms with van der Waals surface area (Å²) in [6.45, 7) is 2.53. The molecule has 0 saturated heterocycles. The highest BCUT2D eigenvalue weighted by Gasteiger charge is 1.81. The molecule has 10 heavy (non-hydrogen) atoms. The van der Waals surface area contributed by atoms with Gasteiger partial charge in [-0.2, -0.15) is 0 Å². The Balaban J connectivity index is 3.89. The molecule has 0 saturated carbocycles. The van der Waals surface area contributed by atoms with E-state index < -0.39 is 0 Å². The quantitative estimate of drug-likeness (QED) is 0.376. The van der Waals surface area contributed by atoms with Gasteiger partial charge in [-0.1, -0.05) is 0 Å². The molecule has 5 N–H and O–H groups in total. The van der Waals surface area contributed by atoms with Crippen LogP contribution in [0.15, 0.2) is 17.1 Å². The van der Waals surface area contributed by atoms with Crippen molar-refractivity contribution in [3.8, 4) is 0 Å². The second kappa shape index (κ2) is 4.55. The zero-order valence-corrected chi connectivity index (χ0v) is 5.96. The van der Waals surface area contributed by atoms with Crippen molar-refractivity contribution >= 4 is 11.7 Å². The molecule has 0 aromatic rings. The summed E-state index contributed by atoms with van der Waals surface area (Å²) >= 11 is 0. The number of hydrogen-bond acceptors (Lipinski definition) is 2. The van der Waals surface area contributed by atoms with Crippen molar-refractivity contribution in [3.05, 3.63) is 12.2 Å². The van der Waals surface area contributed by atoms with Crippen LogP contribution >= 0.6 is 0 Å². The number of amidine groups is 2. The Morgan fingerprint density at radius 2 is 2.10 bits per heavy atom. The predicted molar refractivity (Wildman–Crippen MR) is 43.2 cm³/mol. The SMILES string of the molecule is CCN=C(N)/C=C\C(=N)N. The van der Waals surface area contributed by atoms with Gasteiger partial charge in [0.25, 0.3) is 0 Å². The summed E-state index contributed by atoms with van der Waals surface area (Å²) in [6, 6.07) is 0. The maximum absolute atomic E-state index is 6.80. The molecule has 0 radical (unpaired) electrons. The fraction of sp³-hybridized carbons (Fsp3) is 0.333. The number of hydrogen-bond donors (Lipinski definition) is 3. The van der Waals surface area contributed by atoms with Crippen molar-refractivity contribution in [2.45, 2.75) is 6.92 Å². The number of nitrogens with one attached hydrogen (secondary N) is 1. The molecule has 0 rings (SSSR count). The van der Waals surface area contributed by atoms with Crippen molar-refractivity contribution in [2.75, 3.05) is 6.54 Å². The van der Waals surface area contributed by atoms with E-state index in [0.717, 1.165) is 0 Å². The van der Waals surface area contributed by atoms with Crippen LogP contribution in [0.5, 0.6) is 0 Å². The third-order valence-corrected chi connectivity index (χ3v) is 0.774. The zero-order valence-electron chi connectivity index (χ0n) is 5.96. The van der Waals surface area contributed by atoms with Gasteiger partial charge in [0.1, 0.15) is 11.7 Å². The lowest BCUT2D eigenvalue weighted by Gasteiger charge is -1.88. The van der Waals surface area contributed by atoms with Crippen molar-refractivity contribution in [1.82, 2.24) is 0 Å². The number of nitrogens with two attached hydrogens (primary N) is 2. The lowest BCUT2D eigenvalue weighted by atomic mass is 10.4. The molecule has 0 spiro atoms. The van der Waals surface area contributed by atoms with Crippen LogP contribution in [0.4, 0.5) is 0 Å². The highest BCUT2D eigenvalue weighted by molar-refractivity contribution is 5.99. The summed E-state index contributed by atoms with van der Waals surface area (Å²) in [5, 5.41) is 6.80. The molecule has 0 aliphatic rings. The van der Waals surface area contributed by atoms with Crippen LogP contribution in [0.3, 0.4) is 0 Å². The van der Waals surface area contributed by atoms with Crippen molar-refractivity contribution in [3.63, 3.8) is 0 Å². The first kappa shape index (κ1) is 8.68. The second-order valence-electron chi connectivity index (χ2n) is 1.69. The Labute approximate surface area is 60.1 Å². The summed E-state index contributed by atoms with van der Waals surface area (Å²) in [6.07, 6.45) is 2.90. The maximum atomic E-state index is 6.80. The summed E-state index contributed by atoms with van der Waals surface area (Å²) in [4.78, 5) is 3.85. The first-order valence-electron chi connectivity index (χ1n) is 2.98. The monoisotopic (exact) mass is 140 g/mol. The average Bonchev–Trinajstić information content (AvgIpc) is 1.85. The Kier molecular flexibility index (Phi) is 3.95. The van der Waals surface area contributed by atoms with Crippen LogP contribution in [-0.2, 0) is 0 Å². The normalized spacial score (nSPS) is 12.3. The number of aliphatic imine (C=N–C) groups is 1. The third-order valence-electron chi connectivity index (χ3n) is 0.774. The molecule has 0 fully saturated rings. The molecule has 0 aliphatic carbocycles. The van der Waals surface area contributed by atoms with E-state index in [1.165, 1.54) is 12.2 Å². The van der Waals surface area contributed by atoms with Crippen LogP contribution in [0.25, 0.3) is 0 Å². The first-order valence-corrected chi connectivity index (χ1v) is 2.98. The van der Waals surface area contributed by atoms with Gasteiger partial charge < -0.3 is 11.5 Å². The molecule has 0 heterocycles. The Hall–Kier alpha value is -1.32. The molecule has 0 amide bonds. The molecule has 0 aliphatic heterocycles. The Morgan fingerprint density at radius 3 is 2.50 bits per heavy atom. The average molecular weight is 140 g/mol. The highest BCUT2D eigenvalue weighted by Crippen LogP contribution is 1.74. The number of rotatable bonds is 3. The van der Waals surface area contributed by atoms with E-state index in [-0.39, 0.29) is 5.84 Å². The zero-order chi connectivity index (χ0) is 7.98. The van der Waals surface area contributed by atoms with E-state index in [1.807, 2.05) is 6.92 Å². The third kappa shape index (κ3) is 4.83. The Morgan fingerprint density at radius 1 is 1.50 bits per heavy atom. The van der Waals surface area contributed by atoms with E-state index >= 15 is 0 Å². The molecule has 0 aromatic heterocycles. The predicted octanol–water partition coefficient (Wildman–Crippen LogP) is -0.144. The molecule has 0 atom stereocenters. The van der Waals surface area contributed by atoms with Crippen molar-refractivity contribution in [1.29, 1.82) is 5.41 Å². The van der Waals surface area contributed by atoms with Crippen LogP contribution < -0.4 is 11.5 Å². The van der Waals surface area contributed by atoms with Gasteiger partial charge in [-0.25, -0.2) is 0 Å². The summed E-state index contributed by atoms with van der Waals surface area (Å²) in [5.41, 5.74) is 10.4.